The molecule has 1 aromatic rings. The number of aromatic nitrogens is 1. The second-order valence-electron chi connectivity index (χ2n) is 5.20. The first-order valence-corrected chi connectivity index (χ1v) is 6.96. The van der Waals surface area contributed by atoms with Crippen LogP contribution in [0, 0.1) is 12.8 Å². The van der Waals surface area contributed by atoms with Gasteiger partial charge in [-0.05, 0) is 37.4 Å². The maximum atomic E-state index is 4.58. The maximum absolute atomic E-state index is 4.58. The van der Waals surface area contributed by atoms with E-state index in [0.29, 0.717) is 6.04 Å². The first-order chi connectivity index (χ1) is 8.31. The molecule has 1 N–H and O–H groups in total. The van der Waals surface area contributed by atoms with Gasteiger partial charge in [0, 0.05) is 12.2 Å². The summed E-state index contributed by atoms with van der Waals surface area (Å²) >= 11 is 0. The third-order valence-corrected chi connectivity index (χ3v) is 3.87. The smallest absolute Gasteiger partial charge is 0.0602 e. The molecule has 1 aromatic heterocycles. The molecule has 2 nitrogen and oxygen atoms in total. The Labute approximate surface area is 105 Å². The van der Waals surface area contributed by atoms with Crippen molar-refractivity contribution < 1.29 is 0 Å². The van der Waals surface area contributed by atoms with Gasteiger partial charge in [0.1, 0.15) is 0 Å². The summed E-state index contributed by atoms with van der Waals surface area (Å²) in [5.74, 6) is 0.903. The largest absolute Gasteiger partial charge is 0.309 e. The molecule has 1 heterocycles. The number of hydrogen-bond donors (Lipinski definition) is 1. The van der Waals surface area contributed by atoms with Gasteiger partial charge < -0.3 is 5.32 Å². The summed E-state index contributed by atoms with van der Waals surface area (Å²) in [5, 5.41) is 3.60. The van der Waals surface area contributed by atoms with Gasteiger partial charge >= 0.3 is 0 Å². The average Bonchev–Trinajstić information content (AvgIpc) is 2.82. The molecule has 2 heteroatoms. The number of nitrogens with one attached hydrogen (secondary N) is 1. The topological polar surface area (TPSA) is 24.9 Å². The van der Waals surface area contributed by atoms with E-state index in [9.17, 15) is 0 Å². The highest BCUT2D eigenvalue weighted by Gasteiger charge is 2.22. The van der Waals surface area contributed by atoms with Crippen LogP contribution in [0.4, 0.5) is 0 Å². The zero-order valence-corrected chi connectivity index (χ0v) is 11.1. The van der Waals surface area contributed by atoms with Gasteiger partial charge in [-0.15, -0.1) is 0 Å². The Kier molecular flexibility index (Phi) is 4.55. The molecule has 1 unspecified atom stereocenters. The number of nitrogens with zero attached hydrogens (tertiary/aromatic N) is 1. The molecule has 94 valence electrons. The van der Waals surface area contributed by atoms with Crippen molar-refractivity contribution in [3.63, 3.8) is 0 Å². The monoisotopic (exact) mass is 232 g/mol. The molecule has 0 aromatic carbocycles. The van der Waals surface area contributed by atoms with Crippen molar-refractivity contribution in [1.82, 2.24) is 10.3 Å². The summed E-state index contributed by atoms with van der Waals surface area (Å²) in [6.07, 6.45) is 8.84. The molecule has 0 amide bonds. The first-order valence-electron chi connectivity index (χ1n) is 6.96. The lowest BCUT2D eigenvalue weighted by molar-refractivity contribution is 0.394. The lowest BCUT2D eigenvalue weighted by Gasteiger charge is -2.22. The Morgan fingerprint density at radius 1 is 1.41 bits per heavy atom. The van der Waals surface area contributed by atoms with E-state index >= 15 is 0 Å². The molecule has 1 saturated carbocycles. The Balaban J connectivity index is 2.08. The molecule has 0 spiro atoms. The molecular weight excluding hydrogens is 208 g/mol. The minimum absolute atomic E-state index is 0.448. The normalized spacial score (nSPS) is 18.5. The highest BCUT2D eigenvalue weighted by molar-refractivity contribution is 5.21. The second kappa shape index (κ2) is 6.15. The minimum Gasteiger partial charge on any atom is -0.309 e. The number of rotatable bonds is 5. The van der Waals surface area contributed by atoms with E-state index in [4.69, 9.17) is 0 Å². The van der Waals surface area contributed by atoms with E-state index in [1.165, 1.54) is 43.4 Å². The molecule has 1 atom stereocenters. The third kappa shape index (κ3) is 3.29. The molecule has 2 rings (SSSR count). The molecule has 0 saturated heterocycles. The van der Waals surface area contributed by atoms with Crippen molar-refractivity contribution in [2.45, 2.75) is 52.0 Å². The van der Waals surface area contributed by atoms with Crippen LogP contribution in [-0.2, 0) is 0 Å². The predicted molar refractivity (Wildman–Crippen MR) is 72.0 cm³/mol. The van der Waals surface area contributed by atoms with Crippen molar-refractivity contribution >= 4 is 0 Å². The van der Waals surface area contributed by atoms with Gasteiger partial charge in [0.15, 0.2) is 0 Å². The van der Waals surface area contributed by atoms with Crippen LogP contribution < -0.4 is 5.32 Å². The first kappa shape index (κ1) is 12.6. The zero-order valence-electron chi connectivity index (χ0n) is 11.1. The van der Waals surface area contributed by atoms with Gasteiger partial charge in [0.2, 0.25) is 0 Å². The molecule has 1 aliphatic carbocycles. The molecule has 0 radical (unpaired) electrons. The quantitative estimate of drug-likeness (QED) is 0.838. The van der Waals surface area contributed by atoms with Crippen molar-refractivity contribution in [2.24, 2.45) is 5.92 Å². The van der Waals surface area contributed by atoms with Gasteiger partial charge in [-0.1, -0.05) is 38.7 Å². The summed E-state index contributed by atoms with van der Waals surface area (Å²) in [6.45, 7) is 5.37. The molecule has 1 aliphatic rings. The fraction of sp³-hybridized carbons (Fsp3) is 0.667. The van der Waals surface area contributed by atoms with Crippen LogP contribution in [0.25, 0.3) is 0 Å². The van der Waals surface area contributed by atoms with Crippen molar-refractivity contribution in [3.05, 3.63) is 29.6 Å². The summed E-state index contributed by atoms with van der Waals surface area (Å²) < 4.78 is 0. The van der Waals surface area contributed by atoms with Crippen LogP contribution in [0.3, 0.4) is 0 Å². The molecule has 1 fully saturated rings. The fourth-order valence-electron chi connectivity index (χ4n) is 2.98. The fourth-order valence-corrected chi connectivity index (χ4v) is 2.98. The van der Waals surface area contributed by atoms with E-state index in [0.717, 1.165) is 12.5 Å². The lowest BCUT2D eigenvalue weighted by Crippen LogP contribution is -2.24. The lowest BCUT2D eigenvalue weighted by atomic mass is 9.94. The summed E-state index contributed by atoms with van der Waals surface area (Å²) in [5.41, 5.74) is 2.57. The van der Waals surface area contributed by atoms with Gasteiger partial charge in [-0.25, -0.2) is 0 Å². The molecule has 0 bridgehead atoms. The predicted octanol–water partition coefficient (Wildman–Crippen LogP) is 3.62. The Hall–Kier alpha value is -0.890. The average molecular weight is 232 g/mol. The van der Waals surface area contributed by atoms with Crippen LogP contribution in [0.5, 0.6) is 0 Å². The third-order valence-electron chi connectivity index (χ3n) is 3.87. The molecule has 0 aliphatic heterocycles. The zero-order chi connectivity index (χ0) is 12.1. The van der Waals surface area contributed by atoms with E-state index < -0.39 is 0 Å². The van der Waals surface area contributed by atoms with Crippen LogP contribution >= 0.6 is 0 Å². The Morgan fingerprint density at radius 3 is 2.82 bits per heavy atom. The minimum atomic E-state index is 0.448. The van der Waals surface area contributed by atoms with Gasteiger partial charge in [-0.2, -0.15) is 0 Å². The highest BCUT2D eigenvalue weighted by Crippen LogP contribution is 2.33. The summed E-state index contributed by atoms with van der Waals surface area (Å²) in [6, 6.07) is 4.64. The van der Waals surface area contributed by atoms with E-state index in [1.807, 2.05) is 12.3 Å². The molecular formula is C15H24N2. The SMILES string of the molecule is CCNC(CC1CCCC1)c1ncccc1C. The van der Waals surface area contributed by atoms with E-state index in [1.54, 1.807) is 0 Å². The number of pyridine rings is 1. The van der Waals surface area contributed by atoms with Crippen molar-refractivity contribution in [2.75, 3.05) is 6.54 Å². The van der Waals surface area contributed by atoms with Gasteiger partial charge in [-0.3, -0.25) is 4.98 Å². The Morgan fingerprint density at radius 2 is 2.18 bits per heavy atom. The van der Waals surface area contributed by atoms with Crippen molar-refractivity contribution in [3.8, 4) is 0 Å². The van der Waals surface area contributed by atoms with Crippen molar-refractivity contribution in [1.29, 1.82) is 0 Å². The van der Waals surface area contributed by atoms with Crippen LogP contribution in [0.1, 0.15) is 56.3 Å². The highest BCUT2D eigenvalue weighted by atomic mass is 14.9. The summed E-state index contributed by atoms with van der Waals surface area (Å²) in [7, 11) is 0. The molecule has 17 heavy (non-hydrogen) atoms. The summed E-state index contributed by atoms with van der Waals surface area (Å²) in [4.78, 5) is 4.58. The van der Waals surface area contributed by atoms with Gasteiger partial charge in [0.25, 0.3) is 0 Å². The standard InChI is InChI=1S/C15H24N2/c1-3-16-14(11-13-8-4-5-9-13)15-12(2)7-6-10-17-15/h6-7,10,13-14,16H,3-5,8-9,11H2,1-2H3. The number of hydrogen-bond acceptors (Lipinski definition) is 2. The van der Waals surface area contributed by atoms with Crippen LogP contribution in [0.2, 0.25) is 0 Å². The maximum Gasteiger partial charge on any atom is 0.0602 e. The van der Waals surface area contributed by atoms with Gasteiger partial charge in [0.05, 0.1) is 5.69 Å². The van der Waals surface area contributed by atoms with E-state index in [-0.39, 0.29) is 0 Å². The van der Waals surface area contributed by atoms with Crippen LogP contribution in [-0.4, -0.2) is 11.5 Å². The second-order valence-corrected chi connectivity index (χ2v) is 5.20. The Bertz CT molecular complexity index is 343. The van der Waals surface area contributed by atoms with E-state index in [2.05, 4.69) is 30.2 Å². The van der Waals surface area contributed by atoms with Crippen LogP contribution in [0.15, 0.2) is 18.3 Å². The number of aryl methyl sites for hydroxylation is 1.